The first-order valence-corrected chi connectivity index (χ1v) is 21.8. The van der Waals surface area contributed by atoms with Gasteiger partial charge in [-0.15, -0.1) is 11.3 Å². The minimum atomic E-state index is -0.526. The number of anilines is 3. The molecule has 1 aromatic heterocycles. The van der Waals surface area contributed by atoms with Crippen molar-refractivity contribution in [2.24, 2.45) is 0 Å². The quantitative estimate of drug-likeness (QED) is 0.155. The van der Waals surface area contributed by atoms with Crippen LogP contribution in [0.15, 0.2) is 237 Å². The monoisotopic (exact) mass is 793 g/mol. The summed E-state index contributed by atoms with van der Waals surface area (Å²) in [6.07, 6.45) is 0. The summed E-state index contributed by atoms with van der Waals surface area (Å²) in [5.74, 6) is 0. The first-order valence-electron chi connectivity index (χ1n) is 21.0. The zero-order valence-electron chi connectivity index (χ0n) is 33.4. The van der Waals surface area contributed by atoms with Gasteiger partial charge in [0.25, 0.3) is 0 Å². The summed E-state index contributed by atoms with van der Waals surface area (Å²) >= 11 is 1.87. The molecular weight excluding hydrogens is 755 g/mol. The molecule has 1 heterocycles. The number of rotatable bonds is 7. The van der Waals surface area contributed by atoms with E-state index in [1.54, 1.807) is 0 Å². The van der Waals surface area contributed by atoms with E-state index in [1.807, 2.05) is 11.3 Å². The molecule has 2 heteroatoms. The largest absolute Gasteiger partial charge is 0.310 e. The van der Waals surface area contributed by atoms with Crippen molar-refractivity contribution in [2.45, 2.75) is 5.41 Å². The van der Waals surface area contributed by atoms with E-state index in [2.05, 4.69) is 241 Å². The molecule has 12 rings (SSSR count). The second kappa shape index (κ2) is 14.3. The van der Waals surface area contributed by atoms with E-state index in [-0.39, 0.29) is 0 Å². The molecule has 0 saturated heterocycles. The molecule has 61 heavy (non-hydrogen) atoms. The Morgan fingerprint density at radius 1 is 0.361 bits per heavy atom. The van der Waals surface area contributed by atoms with E-state index in [4.69, 9.17) is 0 Å². The Hall–Kier alpha value is -7.52. The maximum Gasteiger partial charge on any atom is 0.0714 e. The molecule has 0 spiro atoms. The lowest BCUT2D eigenvalue weighted by molar-refractivity contribution is 0.768. The van der Waals surface area contributed by atoms with Gasteiger partial charge in [0, 0.05) is 37.1 Å². The van der Waals surface area contributed by atoms with Crippen molar-refractivity contribution in [1.29, 1.82) is 0 Å². The molecule has 0 aliphatic heterocycles. The second-order valence-corrected chi connectivity index (χ2v) is 17.1. The standard InChI is InChI=1S/C59H39NS/c1-4-16-40(17-5-1)42-30-32-47(33-31-42)60(54-36-37-56-58(51-25-13-15-27-55(51)61-56)57(54)44-29-28-41-18-10-11-19-43(41)38-44)48-34-35-50-49-24-12-14-26-52(49)59(53(50)39-48,45-20-6-2-7-21-45)46-22-8-3-9-23-46/h1-39H. The summed E-state index contributed by atoms with van der Waals surface area (Å²) in [4.78, 5) is 2.51. The van der Waals surface area contributed by atoms with E-state index < -0.39 is 5.41 Å². The van der Waals surface area contributed by atoms with Gasteiger partial charge in [0.1, 0.15) is 0 Å². The smallest absolute Gasteiger partial charge is 0.0714 e. The average molecular weight is 794 g/mol. The molecule has 0 saturated carbocycles. The summed E-state index contributed by atoms with van der Waals surface area (Å²) in [6.45, 7) is 0. The highest BCUT2D eigenvalue weighted by Crippen LogP contribution is 2.58. The third-order valence-corrected chi connectivity index (χ3v) is 13.9. The van der Waals surface area contributed by atoms with Gasteiger partial charge in [0.05, 0.1) is 11.1 Å². The number of hydrogen-bond acceptors (Lipinski definition) is 2. The van der Waals surface area contributed by atoms with Crippen LogP contribution in [0.1, 0.15) is 22.3 Å². The Balaban J connectivity index is 1.17. The summed E-state index contributed by atoms with van der Waals surface area (Å²) in [6, 6.07) is 87.5. The van der Waals surface area contributed by atoms with Gasteiger partial charge in [-0.05, 0) is 109 Å². The predicted molar refractivity (Wildman–Crippen MR) is 260 cm³/mol. The highest BCUT2D eigenvalue weighted by Gasteiger charge is 2.46. The molecule has 1 aliphatic rings. The van der Waals surface area contributed by atoms with E-state index >= 15 is 0 Å². The molecule has 1 nitrogen and oxygen atoms in total. The fourth-order valence-corrected chi connectivity index (χ4v) is 11.2. The van der Waals surface area contributed by atoms with Crippen LogP contribution in [-0.2, 0) is 5.41 Å². The van der Waals surface area contributed by atoms with Crippen molar-refractivity contribution in [3.63, 3.8) is 0 Å². The van der Waals surface area contributed by atoms with Crippen LogP contribution in [0.25, 0.3) is 64.3 Å². The first-order chi connectivity index (χ1) is 30.3. The van der Waals surface area contributed by atoms with Gasteiger partial charge in [-0.25, -0.2) is 0 Å². The molecule has 10 aromatic carbocycles. The topological polar surface area (TPSA) is 3.24 Å². The van der Waals surface area contributed by atoms with Gasteiger partial charge < -0.3 is 4.90 Å². The van der Waals surface area contributed by atoms with Crippen LogP contribution in [0.3, 0.4) is 0 Å². The lowest BCUT2D eigenvalue weighted by Gasteiger charge is -2.35. The number of hydrogen-bond donors (Lipinski definition) is 0. The maximum atomic E-state index is 2.51. The number of fused-ring (bicyclic) bond motifs is 7. The maximum absolute atomic E-state index is 2.51. The van der Waals surface area contributed by atoms with Crippen LogP contribution < -0.4 is 4.90 Å². The van der Waals surface area contributed by atoms with Gasteiger partial charge in [-0.1, -0.05) is 188 Å². The summed E-state index contributed by atoms with van der Waals surface area (Å²) in [5.41, 5.74) is 15.3. The Bertz CT molecular complexity index is 3360. The average Bonchev–Trinajstić information content (AvgIpc) is 3.86. The minimum absolute atomic E-state index is 0.526. The molecule has 286 valence electrons. The van der Waals surface area contributed by atoms with Gasteiger partial charge in [0.2, 0.25) is 0 Å². The van der Waals surface area contributed by atoms with Gasteiger partial charge in [-0.3, -0.25) is 0 Å². The number of benzene rings is 10. The Labute approximate surface area is 360 Å². The molecule has 0 amide bonds. The minimum Gasteiger partial charge on any atom is -0.310 e. The van der Waals surface area contributed by atoms with Crippen molar-refractivity contribution in [2.75, 3.05) is 4.90 Å². The van der Waals surface area contributed by atoms with Crippen LogP contribution in [0.5, 0.6) is 0 Å². The van der Waals surface area contributed by atoms with E-state index in [9.17, 15) is 0 Å². The van der Waals surface area contributed by atoms with E-state index in [0.29, 0.717) is 0 Å². The fourth-order valence-electron chi connectivity index (χ4n) is 10.1. The molecule has 0 N–H and O–H groups in total. The molecule has 0 bridgehead atoms. The van der Waals surface area contributed by atoms with Crippen LogP contribution in [0.2, 0.25) is 0 Å². The number of thiophene rings is 1. The third kappa shape index (κ3) is 5.60. The Morgan fingerprint density at radius 2 is 0.951 bits per heavy atom. The Kier molecular flexibility index (Phi) is 8.33. The van der Waals surface area contributed by atoms with Crippen molar-refractivity contribution in [3.8, 4) is 33.4 Å². The summed E-state index contributed by atoms with van der Waals surface area (Å²) in [7, 11) is 0. The lowest BCUT2D eigenvalue weighted by atomic mass is 9.67. The molecule has 1 aliphatic carbocycles. The lowest BCUT2D eigenvalue weighted by Crippen LogP contribution is -2.28. The zero-order valence-corrected chi connectivity index (χ0v) is 34.2. The molecule has 0 fully saturated rings. The van der Waals surface area contributed by atoms with Crippen LogP contribution >= 0.6 is 11.3 Å². The van der Waals surface area contributed by atoms with Gasteiger partial charge >= 0.3 is 0 Å². The van der Waals surface area contributed by atoms with Crippen molar-refractivity contribution in [3.05, 3.63) is 259 Å². The summed E-state index contributed by atoms with van der Waals surface area (Å²) in [5, 5.41) is 5.03. The Morgan fingerprint density at radius 3 is 1.72 bits per heavy atom. The van der Waals surface area contributed by atoms with E-state index in [0.717, 1.165) is 17.1 Å². The fraction of sp³-hybridized carbons (Fsp3) is 0.0169. The SMILES string of the molecule is c1ccc(-c2ccc(N(c3ccc4c(c3)C(c3ccccc3)(c3ccccc3)c3ccccc3-4)c3ccc4sc5ccccc5c4c3-c3ccc4ccccc4c3)cc2)cc1. The molecule has 0 unspecified atom stereocenters. The normalized spacial score (nSPS) is 12.7. The zero-order chi connectivity index (χ0) is 40.3. The number of nitrogens with zero attached hydrogens (tertiary/aromatic N) is 1. The second-order valence-electron chi connectivity index (χ2n) is 16.0. The van der Waals surface area contributed by atoms with Crippen LogP contribution in [0, 0.1) is 0 Å². The van der Waals surface area contributed by atoms with Crippen molar-refractivity contribution < 1.29 is 0 Å². The van der Waals surface area contributed by atoms with E-state index in [1.165, 1.54) is 86.6 Å². The van der Waals surface area contributed by atoms with Crippen molar-refractivity contribution >= 4 is 59.3 Å². The molecule has 0 radical (unpaired) electrons. The van der Waals surface area contributed by atoms with Gasteiger partial charge in [-0.2, -0.15) is 0 Å². The molecular formula is C59H39NS. The highest BCUT2D eigenvalue weighted by molar-refractivity contribution is 7.26. The first kappa shape index (κ1) is 35.4. The molecule has 0 atom stereocenters. The molecule has 11 aromatic rings. The van der Waals surface area contributed by atoms with Crippen molar-refractivity contribution in [1.82, 2.24) is 0 Å². The van der Waals surface area contributed by atoms with Crippen LogP contribution in [0.4, 0.5) is 17.1 Å². The summed E-state index contributed by atoms with van der Waals surface area (Å²) < 4.78 is 2.57. The third-order valence-electron chi connectivity index (χ3n) is 12.7. The van der Waals surface area contributed by atoms with Gasteiger partial charge in [0.15, 0.2) is 0 Å². The predicted octanol–water partition coefficient (Wildman–Crippen LogP) is 16.4. The highest BCUT2D eigenvalue weighted by atomic mass is 32.1. The van der Waals surface area contributed by atoms with Crippen LogP contribution in [-0.4, -0.2) is 0 Å².